The van der Waals surface area contributed by atoms with Gasteiger partial charge in [0.25, 0.3) is 5.43 Å². The van der Waals surface area contributed by atoms with Gasteiger partial charge in [0.1, 0.15) is 0 Å². The number of hydrogen-bond acceptors (Lipinski definition) is 4. The van der Waals surface area contributed by atoms with Crippen LogP contribution in [0.5, 0.6) is 0 Å². The van der Waals surface area contributed by atoms with E-state index >= 15 is 0 Å². The number of aliphatic hydroxyl groups is 1. The second kappa shape index (κ2) is 4.58. The number of aromatic nitrogens is 1. The Morgan fingerprint density at radius 3 is 2.71 bits per heavy atom. The minimum absolute atomic E-state index is 0.144. The van der Waals surface area contributed by atoms with Crippen molar-refractivity contribution in [2.45, 2.75) is 31.4 Å². The van der Waals surface area contributed by atoms with Gasteiger partial charge in [-0.05, 0) is 35.2 Å². The lowest BCUT2D eigenvalue weighted by molar-refractivity contribution is -0.386. The molecule has 1 aliphatic rings. The predicted molar refractivity (Wildman–Crippen MR) is 64.0 cm³/mol. The van der Waals surface area contributed by atoms with Gasteiger partial charge in [0.05, 0.1) is 27.7 Å². The summed E-state index contributed by atoms with van der Waals surface area (Å²) in [6, 6.07) is -0.189. The van der Waals surface area contributed by atoms with Crippen LogP contribution in [0.15, 0.2) is 21.7 Å². The molecule has 0 spiro atoms. The Hall–Kier alpha value is -1.21. The zero-order valence-corrected chi connectivity index (χ0v) is 10.5. The molecule has 6 nitrogen and oxygen atoms in total. The summed E-state index contributed by atoms with van der Waals surface area (Å²) in [5, 5.41) is 20.5. The van der Waals surface area contributed by atoms with E-state index in [1.807, 2.05) is 0 Å². The maximum atomic E-state index is 11.5. The third kappa shape index (κ3) is 2.25. The van der Waals surface area contributed by atoms with E-state index in [4.69, 9.17) is 0 Å². The molecule has 0 aromatic carbocycles. The standard InChI is InChI=1S/C10H11BrN2O4/c11-6-4-12(7-2-1-3-9(7)14)5-8(10(6)15)13(16)17/h4-5,7,9,14H,1-3H2/t7-,9-/m0/s1. The van der Waals surface area contributed by atoms with E-state index in [0.717, 1.165) is 12.8 Å². The minimum atomic E-state index is -0.703. The van der Waals surface area contributed by atoms with E-state index in [1.165, 1.54) is 12.4 Å². The molecule has 1 aromatic rings. The van der Waals surface area contributed by atoms with Gasteiger partial charge in [-0.1, -0.05) is 0 Å². The SMILES string of the molecule is O=c1c(Br)cn([C@H]2CCC[C@@H]2O)cc1[N+](=O)[O-]. The summed E-state index contributed by atoms with van der Waals surface area (Å²) >= 11 is 3.01. The molecule has 0 bridgehead atoms. The largest absolute Gasteiger partial charge is 0.391 e. The molecular formula is C10H11BrN2O4. The van der Waals surface area contributed by atoms with E-state index in [9.17, 15) is 20.0 Å². The maximum Gasteiger partial charge on any atom is 0.333 e. The molecule has 0 amide bonds. The summed E-state index contributed by atoms with van der Waals surface area (Å²) in [6.07, 6.45) is 4.50. The van der Waals surface area contributed by atoms with Crippen LogP contribution in [-0.4, -0.2) is 20.7 Å². The van der Waals surface area contributed by atoms with E-state index in [-0.39, 0.29) is 10.5 Å². The highest BCUT2D eigenvalue weighted by Gasteiger charge is 2.28. The van der Waals surface area contributed by atoms with Crippen LogP contribution in [0, 0.1) is 10.1 Å². The molecule has 7 heteroatoms. The monoisotopic (exact) mass is 302 g/mol. The summed E-state index contributed by atoms with van der Waals surface area (Å²) in [6.45, 7) is 0. The van der Waals surface area contributed by atoms with Crippen LogP contribution < -0.4 is 5.43 Å². The Balaban J connectivity index is 2.49. The van der Waals surface area contributed by atoms with Crippen molar-refractivity contribution < 1.29 is 10.0 Å². The van der Waals surface area contributed by atoms with Crippen LogP contribution in [0.4, 0.5) is 5.69 Å². The lowest BCUT2D eigenvalue weighted by atomic mass is 10.2. The maximum absolute atomic E-state index is 11.5. The quantitative estimate of drug-likeness (QED) is 0.664. The molecule has 2 rings (SSSR count). The second-order valence-corrected chi connectivity index (χ2v) is 4.94. The Bertz CT molecular complexity index is 514. The highest BCUT2D eigenvalue weighted by atomic mass is 79.9. The van der Waals surface area contributed by atoms with Gasteiger partial charge in [-0.3, -0.25) is 14.9 Å². The highest BCUT2D eigenvalue weighted by molar-refractivity contribution is 9.10. The first-order valence-corrected chi connectivity index (χ1v) is 6.03. The van der Waals surface area contributed by atoms with Crippen LogP contribution in [0.1, 0.15) is 25.3 Å². The molecular weight excluding hydrogens is 292 g/mol. The highest BCUT2D eigenvalue weighted by Crippen LogP contribution is 2.31. The summed E-state index contributed by atoms with van der Waals surface area (Å²) in [4.78, 5) is 21.5. The van der Waals surface area contributed by atoms with Crippen LogP contribution in [-0.2, 0) is 0 Å². The first-order chi connectivity index (χ1) is 8.00. The van der Waals surface area contributed by atoms with Gasteiger partial charge in [0, 0.05) is 6.20 Å². The lowest BCUT2D eigenvalue weighted by Gasteiger charge is -2.18. The van der Waals surface area contributed by atoms with Crippen LogP contribution in [0.3, 0.4) is 0 Å². The van der Waals surface area contributed by atoms with Crippen LogP contribution in [0.25, 0.3) is 0 Å². The number of pyridine rings is 1. The Labute approximate surface area is 105 Å². The average molecular weight is 303 g/mol. The number of nitrogens with zero attached hydrogens (tertiary/aromatic N) is 2. The lowest BCUT2D eigenvalue weighted by Crippen LogP contribution is -2.21. The molecule has 0 saturated heterocycles. The molecule has 17 heavy (non-hydrogen) atoms. The van der Waals surface area contributed by atoms with Crippen LogP contribution >= 0.6 is 15.9 Å². The smallest absolute Gasteiger partial charge is 0.333 e. The molecule has 0 aliphatic heterocycles. The van der Waals surface area contributed by atoms with Crippen molar-refractivity contribution in [2.24, 2.45) is 0 Å². The number of aliphatic hydroxyl groups excluding tert-OH is 1. The van der Waals surface area contributed by atoms with E-state index in [1.54, 1.807) is 4.57 Å². The van der Waals surface area contributed by atoms with Crippen molar-refractivity contribution in [1.29, 1.82) is 0 Å². The first-order valence-electron chi connectivity index (χ1n) is 5.24. The van der Waals surface area contributed by atoms with Crippen molar-refractivity contribution in [2.75, 3.05) is 0 Å². The minimum Gasteiger partial charge on any atom is -0.391 e. The molecule has 1 aromatic heterocycles. The molecule has 0 radical (unpaired) electrons. The molecule has 0 unspecified atom stereocenters. The van der Waals surface area contributed by atoms with Gasteiger partial charge >= 0.3 is 5.69 Å². The van der Waals surface area contributed by atoms with Crippen molar-refractivity contribution in [3.8, 4) is 0 Å². The Kier molecular flexibility index (Phi) is 3.30. The zero-order chi connectivity index (χ0) is 12.6. The van der Waals surface area contributed by atoms with E-state index in [0.29, 0.717) is 6.42 Å². The molecule has 92 valence electrons. The molecule has 2 atom stereocenters. The number of hydrogen-bond donors (Lipinski definition) is 1. The van der Waals surface area contributed by atoms with Crippen molar-refractivity contribution in [3.63, 3.8) is 0 Å². The van der Waals surface area contributed by atoms with E-state index in [2.05, 4.69) is 15.9 Å². The third-order valence-corrected chi connectivity index (χ3v) is 3.57. The zero-order valence-electron chi connectivity index (χ0n) is 8.88. The van der Waals surface area contributed by atoms with Gasteiger partial charge in [-0.15, -0.1) is 0 Å². The normalized spacial score (nSPS) is 23.9. The fourth-order valence-corrected chi connectivity index (χ4v) is 2.58. The number of nitro groups is 1. The fourth-order valence-electron chi connectivity index (χ4n) is 2.14. The topological polar surface area (TPSA) is 85.4 Å². The molecule has 1 aliphatic carbocycles. The molecule has 1 heterocycles. The second-order valence-electron chi connectivity index (χ2n) is 4.09. The first kappa shape index (κ1) is 12.3. The fraction of sp³-hybridized carbons (Fsp3) is 0.500. The number of halogens is 1. The Morgan fingerprint density at radius 2 is 2.18 bits per heavy atom. The van der Waals surface area contributed by atoms with Crippen LogP contribution in [0.2, 0.25) is 0 Å². The van der Waals surface area contributed by atoms with Gasteiger partial charge in [0.15, 0.2) is 0 Å². The summed E-state index contributed by atoms with van der Waals surface area (Å²) in [7, 11) is 0. The number of rotatable bonds is 2. The third-order valence-electron chi connectivity index (χ3n) is 3.01. The van der Waals surface area contributed by atoms with Gasteiger partial charge in [-0.2, -0.15) is 0 Å². The Morgan fingerprint density at radius 1 is 1.47 bits per heavy atom. The molecule has 1 saturated carbocycles. The summed E-state index contributed by atoms with van der Waals surface area (Å²) in [5.41, 5.74) is -1.11. The van der Waals surface area contributed by atoms with Crippen molar-refractivity contribution >= 4 is 21.6 Å². The van der Waals surface area contributed by atoms with Crippen molar-refractivity contribution in [3.05, 3.63) is 37.2 Å². The molecule has 1 N–H and O–H groups in total. The summed E-state index contributed by atoms with van der Waals surface area (Å²) in [5.74, 6) is 0. The average Bonchev–Trinajstić information content (AvgIpc) is 2.68. The van der Waals surface area contributed by atoms with E-state index < -0.39 is 22.1 Å². The van der Waals surface area contributed by atoms with Gasteiger partial charge < -0.3 is 9.67 Å². The summed E-state index contributed by atoms with van der Waals surface area (Å²) < 4.78 is 1.70. The molecule has 1 fully saturated rings. The van der Waals surface area contributed by atoms with Gasteiger partial charge in [-0.25, -0.2) is 0 Å². The van der Waals surface area contributed by atoms with Crippen molar-refractivity contribution in [1.82, 2.24) is 4.57 Å². The predicted octanol–water partition coefficient (Wildman–Crippen LogP) is 1.60. The van der Waals surface area contributed by atoms with Gasteiger partial charge in [0.2, 0.25) is 0 Å².